The molecular formula is C49H33N. The van der Waals surface area contributed by atoms with Crippen LogP contribution >= 0.6 is 0 Å². The second-order valence-corrected chi connectivity index (χ2v) is 13.2. The Morgan fingerprint density at radius 2 is 0.620 bits per heavy atom. The number of hydrogen-bond acceptors (Lipinski definition) is 1. The molecule has 1 aliphatic heterocycles. The lowest BCUT2D eigenvalue weighted by molar-refractivity contribution is 0.988. The van der Waals surface area contributed by atoms with Crippen molar-refractivity contribution in [3.05, 3.63) is 211 Å². The minimum atomic E-state index is 0.138. The zero-order valence-electron chi connectivity index (χ0n) is 27.5. The summed E-state index contributed by atoms with van der Waals surface area (Å²) in [4.78, 5) is 2.41. The first-order valence-electron chi connectivity index (χ1n) is 17.4. The number of anilines is 3. The quantitative estimate of drug-likeness (QED) is 0.187. The van der Waals surface area contributed by atoms with Gasteiger partial charge in [-0.15, -0.1) is 0 Å². The van der Waals surface area contributed by atoms with Gasteiger partial charge >= 0.3 is 0 Å². The number of rotatable bonds is 3. The van der Waals surface area contributed by atoms with Crippen molar-refractivity contribution in [1.29, 1.82) is 0 Å². The second kappa shape index (κ2) is 11.6. The van der Waals surface area contributed by atoms with Gasteiger partial charge in [-0.2, -0.15) is 0 Å². The van der Waals surface area contributed by atoms with E-state index in [0.29, 0.717) is 0 Å². The fourth-order valence-corrected chi connectivity index (χ4v) is 8.29. The predicted molar refractivity (Wildman–Crippen MR) is 209 cm³/mol. The first kappa shape index (κ1) is 28.6. The molecule has 8 aromatic rings. The van der Waals surface area contributed by atoms with E-state index in [9.17, 15) is 0 Å². The smallest absolute Gasteiger partial charge is 0.0540 e. The van der Waals surface area contributed by atoms with E-state index >= 15 is 0 Å². The van der Waals surface area contributed by atoms with E-state index in [0.717, 1.165) is 5.69 Å². The Kier molecular flexibility index (Phi) is 6.63. The molecular weight excluding hydrogens is 603 g/mol. The monoisotopic (exact) mass is 635 g/mol. The highest BCUT2D eigenvalue weighted by Crippen LogP contribution is 2.51. The Hall–Kier alpha value is -6.44. The van der Waals surface area contributed by atoms with Gasteiger partial charge in [0, 0.05) is 22.7 Å². The summed E-state index contributed by atoms with van der Waals surface area (Å²) in [6, 6.07) is 71.3. The fourth-order valence-electron chi connectivity index (χ4n) is 8.29. The molecule has 1 heteroatoms. The van der Waals surface area contributed by atoms with Crippen LogP contribution in [0.4, 0.5) is 17.1 Å². The molecule has 1 heterocycles. The predicted octanol–water partition coefficient (Wildman–Crippen LogP) is 13.3. The molecule has 0 aromatic heterocycles. The zero-order valence-corrected chi connectivity index (χ0v) is 27.5. The van der Waals surface area contributed by atoms with Crippen molar-refractivity contribution in [2.45, 2.75) is 5.92 Å². The molecule has 0 saturated heterocycles. The van der Waals surface area contributed by atoms with Gasteiger partial charge in [0.2, 0.25) is 0 Å². The van der Waals surface area contributed by atoms with Crippen LogP contribution in [0.3, 0.4) is 0 Å². The SMILES string of the molecule is c1ccc2c(c1)-c1ccccc1C(c1ccc(-c3ccc(N4c5ccccc5-c5ccccc5-c5ccccc54)cc3)cc1)c1ccccc1-2. The van der Waals surface area contributed by atoms with E-state index in [1.54, 1.807) is 0 Å². The van der Waals surface area contributed by atoms with Gasteiger partial charge in [-0.1, -0.05) is 170 Å². The minimum absolute atomic E-state index is 0.138. The first-order chi connectivity index (χ1) is 24.8. The van der Waals surface area contributed by atoms with E-state index in [1.807, 2.05) is 0 Å². The van der Waals surface area contributed by atoms with Crippen molar-refractivity contribution in [1.82, 2.24) is 0 Å². The van der Waals surface area contributed by atoms with Gasteiger partial charge in [0.25, 0.3) is 0 Å². The molecule has 50 heavy (non-hydrogen) atoms. The molecule has 0 amide bonds. The van der Waals surface area contributed by atoms with Crippen molar-refractivity contribution >= 4 is 17.1 Å². The van der Waals surface area contributed by atoms with Gasteiger partial charge < -0.3 is 4.90 Å². The molecule has 0 saturated carbocycles. The maximum atomic E-state index is 2.41. The van der Waals surface area contributed by atoms with Crippen LogP contribution in [0.15, 0.2) is 194 Å². The summed E-state index contributed by atoms with van der Waals surface area (Å²) in [5.74, 6) is 0.138. The molecule has 0 spiro atoms. The van der Waals surface area contributed by atoms with Crippen LogP contribution in [0.1, 0.15) is 22.6 Å². The highest BCUT2D eigenvalue weighted by molar-refractivity contribution is 6.02. The summed E-state index contributed by atoms with van der Waals surface area (Å²) in [6.45, 7) is 0. The maximum Gasteiger partial charge on any atom is 0.0540 e. The summed E-state index contributed by atoms with van der Waals surface area (Å²) in [7, 11) is 0. The van der Waals surface area contributed by atoms with E-state index < -0.39 is 0 Å². The Morgan fingerprint density at radius 3 is 1.08 bits per heavy atom. The Labute approximate surface area is 293 Å². The van der Waals surface area contributed by atoms with Gasteiger partial charge in [0.1, 0.15) is 0 Å². The highest BCUT2D eigenvalue weighted by atomic mass is 15.1. The van der Waals surface area contributed by atoms with E-state index in [1.165, 1.54) is 83.7 Å². The lowest BCUT2D eigenvalue weighted by atomic mass is 9.82. The number of nitrogens with zero attached hydrogens (tertiary/aromatic N) is 1. The van der Waals surface area contributed by atoms with Crippen molar-refractivity contribution in [2.75, 3.05) is 4.90 Å². The zero-order chi connectivity index (χ0) is 33.0. The van der Waals surface area contributed by atoms with Crippen LogP contribution < -0.4 is 4.90 Å². The van der Waals surface area contributed by atoms with Crippen molar-refractivity contribution < 1.29 is 0 Å². The highest BCUT2D eigenvalue weighted by Gasteiger charge is 2.28. The van der Waals surface area contributed by atoms with Gasteiger partial charge in [0.15, 0.2) is 0 Å². The van der Waals surface area contributed by atoms with Gasteiger partial charge in [-0.25, -0.2) is 0 Å². The summed E-state index contributed by atoms with van der Waals surface area (Å²) in [5, 5.41) is 0. The van der Waals surface area contributed by atoms with Crippen molar-refractivity contribution in [3.8, 4) is 55.6 Å². The van der Waals surface area contributed by atoms with Crippen LogP contribution in [-0.2, 0) is 0 Å². The summed E-state index contributed by atoms with van der Waals surface area (Å²) in [6.07, 6.45) is 0. The molecule has 2 aliphatic rings. The number of benzene rings is 8. The molecule has 0 fully saturated rings. The van der Waals surface area contributed by atoms with Crippen LogP contribution in [0.5, 0.6) is 0 Å². The third-order valence-electron chi connectivity index (χ3n) is 10.6. The molecule has 0 bridgehead atoms. The Morgan fingerprint density at radius 1 is 0.280 bits per heavy atom. The van der Waals surface area contributed by atoms with Crippen LogP contribution in [0.2, 0.25) is 0 Å². The fraction of sp³-hybridized carbons (Fsp3) is 0.0204. The largest absolute Gasteiger partial charge is 0.309 e. The van der Waals surface area contributed by atoms with Crippen LogP contribution in [-0.4, -0.2) is 0 Å². The topological polar surface area (TPSA) is 3.24 Å². The Bertz CT molecular complexity index is 2230. The molecule has 234 valence electrons. The lowest BCUT2D eigenvalue weighted by Gasteiger charge is -2.27. The number of hydrogen-bond donors (Lipinski definition) is 0. The molecule has 1 aliphatic carbocycles. The lowest BCUT2D eigenvalue weighted by Crippen LogP contribution is -2.10. The molecule has 0 N–H and O–H groups in total. The standard InChI is InChI=1S/C49H33N/c1-2-14-38-37(13-1)41-17-5-7-21-45(41)49(46-22-8-6-18-42(38)46)35-27-25-33(26-28-35)34-29-31-36(32-30-34)50-47-23-11-9-19-43(47)39-15-3-4-16-40(39)44-20-10-12-24-48(44)50/h1-32,49H. The summed E-state index contributed by atoms with van der Waals surface area (Å²) in [5.41, 5.74) is 20.2. The van der Waals surface area contributed by atoms with Gasteiger partial charge in [0.05, 0.1) is 11.4 Å². The number of fused-ring (bicyclic) bond motifs is 10. The van der Waals surface area contributed by atoms with Crippen molar-refractivity contribution in [3.63, 3.8) is 0 Å². The third-order valence-corrected chi connectivity index (χ3v) is 10.6. The summed E-state index contributed by atoms with van der Waals surface area (Å²) >= 11 is 0. The normalized spacial score (nSPS) is 12.7. The molecule has 0 radical (unpaired) electrons. The van der Waals surface area contributed by atoms with E-state index in [2.05, 4.69) is 199 Å². The molecule has 0 unspecified atom stereocenters. The molecule has 1 nitrogen and oxygen atoms in total. The van der Waals surface area contributed by atoms with Crippen molar-refractivity contribution in [2.24, 2.45) is 0 Å². The second-order valence-electron chi connectivity index (χ2n) is 13.2. The molecule has 0 atom stereocenters. The first-order valence-corrected chi connectivity index (χ1v) is 17.4. The average molecular weight is 636 g/mol. The minimum Gasteiger partial charge on any atom is -0.309 e. The summed E-state index contributed by atoms with van der Waals surface area (Å²) < 4.78 is 0. The molecule has 10 rings (SSSR count). The Balaban J connectivity index is 1.04. The van der Waals surface area contributed by atoms with Gasteiger partial charge in [-0.05, 0) is 85.5 Å². The van der Waals surface area contributed by atoms with E-state index in [-0.39, 0.29) is 5.92 Å². The molecule has 8 aromatic carbocycles. The number of para-hydroxylation sites is 2. The van der Waals surface area contributed by atoms with Crippen LogP contribution in [0.25, 0.3) is 55.6 Å². The average Bonchev–Trinajstić information content (AvgIpc) is 3.40. The maximum absolute atomic E-state index is 2.41. The van der Waals surface area contributed by atoms with E-state index in [4.69, 9.17) is 0 Å². The van der Waals surface area contributed by atoms with Crippen LogP contribution in [0, 0.1) is 0 Å². The third kappa shape index (κ3) is 4.48. The van der Waals surface area contributed by atoms with Gasteiger partial charge in [-0.3, -0.25) is 0 Å².